The lowest BCUT2D eigenvalue weighted by Gasteiger charge is -2.30. The molecular weight excluding hydrogens is 400 g/mol. The van der Waals surface area contributed by atoms with Gasteiger partial charge in [-0.25, -0.2) is 0 Å². The molecule has 0 spiro atoms. The van der Waals surface area contributed by atoms with E-state index in [1.54, 1.807) is 0 Å². The van der Waals surface area contributed by atoms with Crippen LogP contribution in [0, 0.1) is 0 Å². The molecule has 1 aliphatic rings. The zero-order valence-electron chi connectivity index (χ0n) is 18.6. The van der Waals surface area contributed by atoms with Gasteiger partial charge in [0.05, 0.1) is 66.1 Å². The zero-order chi connectivity index (χ0) is 22.3. The molecule has 0 saturated carbocycles. The number of ether oxygens (including phenoxy) is 8. The van der Waals surface area contributed by atoms with Gasteiger partial charge >= 0.3 is 11.9 Å². The Morgan fingerprint density at radius 2 is 0.967 bits per heavy atom. The minimum Gasteiger partial charge on any atom is -0.463 e. The maximum Gasteiger partial charge on any atom is 0.302 e. The molecule has 1 saturated heterocycles. The fourth-order valence-electron chi connectivity index (χ4n) is 2.47. The number of hydrogen-bond donors (Lipinski definition) is 0. The monoisotopic (exact) mass is 436 g/mol. The number of carbonyl (C=O) groups excluding carboxylic acids is 2. The molecule has 0 amide bonds. The second-order valence-electron chi connectivity index (χ2n) is 7.49. The summed E-state index contributed by atoms with van der Waals surface area (Å²) in [6, 6.07) is 0. The van der Waals surface area contributed by atoms with E-state index in [2.05, 4.69) is 0 Å². The summed E-state index contributed by atoms with van der Waals surface area (Å²) in [6.45, 7) is 9.73. The van der Waals surface area contributed by atoms with Crippen molar-refractivity contribution < 1.29 is 47.5 Å². The van der Waals surface area contributed by atoms with Gasteiger partial charge in [0, 0.05) is 13.8 Å². The first-order valence-corrected chi connectivity index (χ1v) is 10.1. The Hall–Kier alpha value is -1.30. The van der Waals surface area contributed by atoms with Gasteiger partial charge in [0.15, 0.2) is 0 Å². The van der Waals surface area contributed by atoms with Crippen LogP contribution < -0.4 is 0 Å². The van der Waals surface area contributed by atoms with Crippen LogP contribution in [0.4, 0.5) is 0 Å². The maximum atomic E-state index is 11.1. The lowest BCUT2D eigenvalue weighted by atomic mass is 10.1. The van der Waals surface area contributed by atoms with Gasteiger partial charge in [-0.2, -0.15) is 0 Å². The van der Waals surface area contributed by atoms with Crippen molar-refractivity contribution in [1.82, 2.24) is 0 Å². The van der Waals surface area contributed by atoms with E-state index in [4.69, 9.17) is 37.9 Å². The molecule has 0 aromatic heterocycles. The second kappa shape index (κ2) is 14.7. The Morgan fingerprint density at radius 3 is 1.33 bits per heavy atom. The Morgan fingerprint density at radius 1 is 0.633 bits per heavy atom. The van der Waals surface area contributed by atoms with Crippen molar-refractivity contribution in [2.24, 2.45) is 0 Å². The SMILES string of the molecule is CC(=O)OC[C@]1(C)COCCOCCOC[C@@](C)(COC(C)=O)OCCOCCO1. The van der Waals surface area contributed by atoms with Gasteiger partial charge in [0.25, 0.3) is 0 Å². The van der Waals surface area contributed by atoms with Crippen molar-refractivity contribution >= 4 is 11.9 Å². The van der Waals surface area contributed by atoms with E-state index in [1.807, 2.05) is 13.8 Å². The fraction of sp³-hybridized carbons (Fsp3) is 0.900. The molecule has 176 valence electrons. The molecule has 2 atom stereocenters. The zero-order valence-corrected chi connectivity index (χ0v) is 18.6. The van der Waals surface area contributed by atoms with Crippen LogP contribution in [0.2, 0.25) is 0 Å². The highest BCUT2D eigenvalue weighted by molar-refractivity contribution is 5.66. The van der Waals surface area contributed by atoms with Crippen LogP contribution in [0.15, 0.2) is 0 Å². The number of hydrogen-bond acceptors (Lipinski definition) is 10. The van der Waals surface area contributed by atoms with E-state index in [-0.39, 0.29) is 38.4 Å². The Bertz CT molecular complexity index is 458. The van der Waals surface area contributed by atoms with Crippen LogP contribution in [0.1, 0.15) is 27.7 Å². The molecule has 1 rings (SSSR count). The summed E-state index contributed by atoms with van der Waals surface area (Å²) in [6.07, 6.45) is 0. The van der Waals surface area contributed by atoms with E-state index < -0.39 is 11.2 Å². The fourth-order valence-corrected chi connectivity index (χ4v) is 2.47. The normalized spacial score (nSPS) is 28.7. The minimum atomic E-state index is -0.789. The molecule has 1 heterocycles. The summed E-state index contributed by atoms with van der Waals surface area (Å²) in [4.78, 5) is 22.3. The van der Waals surface area contributed by atoms with E-state index in [0.717, 1.165) is 0 Å². The highest BCUT2D eigenvalue weighted by atomic mass is 16.6. The third-order valence-corrected chi connectivity index (χ3v) is 4.08. The van der Waals surface area contributed by atoms with Gasteiger partial charge in [-0.05, 0) is 13.8 Å². The molecule has 1 aliphatic heterocycles. The number of esters is 2. The van der Waals surface area contributed by atoms with E-state index in [0.29, 0.717) is 52.9 Å². The molecule has 0 N–H and O–H groups in total. The van der Waals surface area contributed by atoms with Crippen LogP contribution in [0.5, 0.6) is 0 Å². The third kappa shape index (κ3) is 13.1. The van der Waals surface area contributed by atoms with E-state index >= 15 is 0 Å². The molecule has 0 aliphatic carbocycles. The Balaban J connectivity index is 2.56. The smallest absolute Gasteiger partial charge is 0.302 e. The summed E-state index contributed by atoms with van der Waals surface area (Å²) < 4.78 is 44.2. The van der Waals surface area contributed by atoms with Gasteiger partial charge in [-0.1, -0.05) is 0 Å². The molecule has 0 aromatic rings. The van der Waals surface area contributed by atoms with Gasteiger partial charge in [0.1, 0.15) is 24.4 Å². The van der Waals surface area contributed by atoms with Crippen molar-refractivity contribution in [2.75, 3.05) is 79.3 Å². The van der Waals surface area contributed by atoms with Crippen LogP contribution in [0.25, 0.3) is 0 Å². The van der Waals surface area contributed by atoms with Crippen LogP contribution >= 0.6 is 0 Å². The van der Waals surface area contributed by atoms with Crippen molar-refractivity contribution in [3.05, 3.63) is 0 Å². The maximum absolute atomic E-state index is 11.1. The first-order chi connectivity index (χ1) is 14.2. The highest BCUT2D eigenvalue weighted by Gasteiger charge is 2.29. The van der Waals surface area contributed by atoms with Crippen LogP contribution in [-0.2, 0) is 47.5 Å². The summed E-state index contributed by atoms with van der Waals surface area (Å²) in [5, 5.41) is 0. The summed E-state index contributed by atoms with van der Waals surface area (Å²) in [7, 11) is 0. The van der Waals surface area contributed by atoms with Crippen molar-refractivity contribution in [3.8, 4) is 0 Å². The lowest BCUT2D eigenvalue weighted by Crippen LogP contribution is -2.42. The van der Waals surface area contributed by atoms with E-state index in [1.165, 1.54) is 13.8 Å². The van der Waals surface area contributed by atoms with Crippen molar-refractivity contribution in [3.63, 3.8) is 0 Å². The Labute approximate surface area is 178 Å². The average Bonchev–Trinajstić information content (AvgIpc) is 2.68. The molecular formula is C20H36O10. The predicted octanol–water partition coefficient (Wildman–Crippen LogP) is 0.743. The first-order valence-electron chi connectivity index (χ1n) is 10.1. The van der Waals surface area contributed by atoms with Gasteiger partial charge in [-0.15, -0.1) is 0 Å². The average molecular weight is 436 g/mol. The first kappa shape index (κ1) is 26.7. The standard InChI is InChI=1S/C20H36O10/c1-17(21)27-15-19(3)13-25-7-5-23-6-8-26-14-20(4,16-28-18(2)22)30-12-10-24-9-11-29-19/h5-16H2,1-4H3/t19-,20-/m0/s1. The summed E-state index contributed by atoms with van der Waals surface area (Å²) in [5.74, 6) is -0.763. The largest absolute Gasteiger partial charge is 0.463 e. The van der Waals surface area contributed by atoms with Crippen molar-refractivity contribution in [2.45, 2.75) is 38.9 Å². The lowest BCUT2D eigenvalue weighted by molar-refractivity contribution is -0.168. The topological polar surface area (TPSA) is 108 Å². The van der Waals surface area contributed by atoms with Crippen molar-refractivity contribution in [1.29, 1.82) is 0 Å². The summed E-state index contributed by atoms with van der Waals surface area (Å²) in [5.41, 5.74) is -1.58. The van der Waals surface area contributed by atoms with Crippen LogP contribution in [-0.4, -0.2) is 102 Å². The predicted molar refractivity (Wildman–Crippen MR) is 105 cm³/mol. The summed E-state index contributed by atoms with van der Waals surface area (Å²) >= 11 is 0. The molecule has 1 fully saturated rings. The van der Waals surface area contributed by atoms with E-state index in [9.17, 15) is 9.59 Å². The molecule has 0 unspecified atom stereocenters. The quantitative estimate of drug-likeness (QED) is 0.586. The minimum absolute atomic E-state index is 0.0780. The molecule has 0 bridgehead atoms. The third-order valence-electron chi connectivity index (χ3n) is 4.08. The number of carbonyl (C=O) groups is 2. The van der Waals surface area contributed by atoms with Crippen LogP contribution in [0.3, 0.4) is 0 Å². The molecule has 10 nitrogen and oxygen atoms in total. The molecule has 0 aromatic carbocycles. The number of rotatable bonds is 4. The van der Waals surface area contributed by atoms with Gasteiger partial charge < -0.3 is 37.9 Å². The molecule has 0 radical (unpaired) electrons. The second-order valence-corrected chi connectivity index (χ2v) is 7.49. The van der Waals surface area contributed by atoms with Gasteiger partial charge in [-0.3, -0.25) is 9.59 Å². The Kier molecular flexibility index (Phi) is 13.1. The molecule has 10 heteroatoms. The molecule has 30 heavy (non-hydrogen) atoms. The highest BCUT2D eigenvalue weighted by Crippen LogP contribution is 2.14. The van der Waals surface area contributed by atoms with Gasteiger partial charge in [0.2, 0.25) is 0 Å².